The Morgan fingerprint density at radius 2 is 2.17 bits per heavy atom. The van der Waals surface area contributed by atoms with Crippen molar-refractivity contribution < 1.29 is 4.79 Å². The molecule has 1 aliphatic rings. The SMILES string of the molecule is Cc1cncn1C1CCN(C(=O)CNc2ccc(C#N)cn2)CC1. The highest BCUT2D eigenvalue weighted by molar-refractivity contribution is 5.80. The van der Waals surface area contributed by atoms with Gasteiger partial charge >= 0.3 is 0 Å². The number of aryl methyl sites for hydroxylation is 1. The van der Waals surface area contributed by atoms with E-state index < -0.39 is 0 Å². The van der Waals surface area contributed by atoms with Gasteiger partial charge in [0.05, 0.1) is 18.4 Å². The highest BCUT2D eigenvalue weighted by atomic mass is 16.2. The second-order valence-electron chi connectivity index (χ2n) is 5.95. The van der Waals surface area contributed by atoms with Crippen LogP contribution in [0.2, 0.25) is 0 Å². The topological polar surface area (TPSA) is 86.8 Å². The molecule has 0 radical (unpaired) electrons. The lowest BCUT2D eigenvalue weighted by atomic mass is 10.0. The molecule has 2 aromatic heterocycles. The number of carbonyl (C=O) groups is 1. The Bertz CT molecular complexity index is 737. The highest BCUT2D eigenvalue weighted by Crippen LogP contribution is 2.23. The summed E-state index contributed by atoms with van der Waals surface area (Å²) >= 11 is 0. The van der Waals surface area contributed by atoms with Crippen LogP contribution in [-0.2, 0) is 4.79 Å². The molecule has 0 atom stereocenters. The van der Waals surface area contributed by atoms with E-state index in [1.807, 2.05) is 23.5 Å². The normalized spacial score (nSPS) is 15.1. The van der Waals surface area contributed by atoms with Crippen LogP contribution in [0.3, 0.4) is 0 Å². The van der Waals surface area contributed by atoms with Gasteiger partial charge in [0, 0.05) is 37.2 Å². The Labute approximate surface area is 140 Å². The van der Waals surface area contributed by atoms with Crippen molar-refractivity contribution in [1.82, 2.24) is 19.4 Å². The van der Waals surface area contributed by atoms with E-state index >= 15 is 0 Å². The third-order valence-corrected chi connectivity index (χ3v) is 4.38. The fourth-order valence-corrected chi connectivity index (χ4v) is 2.99. The second kappa shape index (κ2) is 7.13. The van der Waals surface area contributed by atoms with Gasteiger partial charge in [-0.05, 0) is 31.9 Å². The average Bonchev–Trinajstić information content (AvgIpc) is 3.06. The molecule has 24 heavy (non-hydrogen) atoms. The Morgan fingerprint density at radius 1 is 1.38 bits per heavy atom. The van der Waals surface area contributed by atoms with E-state index in [2.05, 4.69) is 26.8 Å². The first kappa shape index (κ1) is 16.0. The van der Waals surface area contributed by atoms with E-state index in [-0.39, 0.29) is 12.5 Å². The minimum atomic E-state index is 0.0713. The summed E-state index contributed by atoms with van der Waals surface area (Å²) in [6.07, 6.45) is 7.11. The van der Waals surface area contributed by atoms with Crippen LogP contribution in [0, 0.1) is 18.3 Å². The van der Waals surface area contributed by atoms with Crippen LogP contribution in [0.15, 0.2) is 30.9 Å². The van der Waals surface area contributed by atoms with Crippen LogP contribution in [0.1, 0.15) is 30.1 Å². The number of carbonyl (C=O) groups excluding carboxylic acids is 1. The number of hydrogen-bond donors (Lipinski definition) is 1. The van der Waals surface area contributed by atoms with Crippen LogP contribution in [0.4, 0.5) is 5.82 Å². The van der Waals surface area contributed by atoms with E-state index in [1.165, 1.54) is 6.20 Å². The second-order valence-corrected chi connectivity index (χ2v) is 5.95. The van der Waals surface area contributed by atoms with Crippen molar-refractivity contribution in [3.63, 3.8) is 0 Å². The lowest BCUT2D eigenvalue weighted by Crippen LogP contribution is -2.41. The largest absolute Gasteiger partial charge is 0.361 e. The number of pyridine rings is 1. The molecule has 0 saturated carbocycles. The summed E-state index contributed by atoms with van der Waals surface area (Å²) in [5, 5.41) is 11.8. The molecule has 2 aromatic rings. The van der Waals surface area contributed by atoms with Crippen molar-refractivity contribution >= 4 is 11.7 Å². The number of likely N-dealkylation sites (tertiary alicyclic amines) is 1. The average molecular weight is 324 g/mol. The zero-order chi connectivity index (χ0) is 16.9. The first-order chi connectivity index (χ1) is 11.7. The van der Waals surface area contributed by atoms with Crippen LogP contribution in [0.25, 0.3) is 0 Å². The number of rotatable bonds is 4. The molecule has 1 fully saturated rings. The zero-order valence-electron chi connectivity index (χ0n) is 13.6. The number of nitrogens with one attached hydrogen (secondary N) is 1. The number of anilines is 1. The fraction of sp³-hybridized carbons (Fsp3) is 0.412. The maximum Gasteiger partial charge on any atom is 0.241 e. The molecular weight excluding hydrogens is 304 g/mol. The Balaban J connectivity index is 1.48. The van der Waals surface area contributed by atoms with Gasteiger partial charge in [-0.15, -0.1) is 0 Å². The lowest BCUT2D eigenvalue weighted by molar-refractivity contribution is -0.130. The van der Waals surface area contributed by atoms with E-state index in [4.69, 9.17) is 5.26 Å². The zero-order valence-corrected chi connectivity index (χ0v) is 13.6. The van der Waals surface area contributed by atoms with Crippen molar-refractivity contribution in [2.24, 2.45) is 0 Å². The highest BCUT2D eigenvalue weighted by Gasteiger charge is 2.24. The van der Waals surface area contributed by atoms with Crippen molar-refractivity contribution in [1.29, 1.82) is 5.26 Å². The minimum absolute atomic E-state index is 0.0713. The number of amides is 1. The molecule has 7 heteroatoms. The Morgan fingerprint density at radius 3 is 2.75 bits per heavy atom. The molecule has 0 aromatic carbocycles. The summed E-state index contributed by atoms with van der Waals surface area (Å²) in [4.78, 5) is 22.5. The van der Waals surface area contributed by atoms with E-state index in [0.717, 1.165) is 31.6 Å². The monoisotopic (exact) mass is 324 g/mol. The van der Waals surface area contributed by atoms with Gasteiger partial charge < -0.3 is 14.8 Å². The van der Waals surface area contributed by atoms with Gasteiger partial charge in [-0.2, -0.15) is 5.26 Å². The number of imidazole rings is 1. The van der Waals surface area contributed by atoms with Crippen LogP contribution in [-0.4, -0.2) is 45.0 Å². The molecule has 0 spiro atoms. The quantitative estimate of drug-likeness (QED) is 0.925. The first-order valence-electron chi connectivity index (χ1n) is 8.03. The molecule has 1 N–H and O–H groups in total. The number of nitriles is 1. The maximum atomic E-state index is 12.3. The predicted octanol–water partition coefficient (Wildman–Crippen LogP) is 1.73. The molecule has 0 bridgehead atoms. The van der Waals surface area contributed by atoms with Crippen LogP contribution in [0.5, 0.6) is 0 Å². The van der Waals surface area contributed by atoms with Gasteiger partial charge in [-0.25, -0.2) is 9.97 Å². The summed E-state index contributed by atoms with van der Waals surface area (Å²) in [6.45, 7) is 3.78. The standard InChI is InChI=1S/C17H20N6O/c1-13-9-19-12-23(13)15-4-6-22(7-5-15)17(24)11-21-16-3-2-14(8-18)10-20-16/h2-3,9-10,12,15H,4-7,11H2,1H3,(H,20,21). The lowest BCUT2D eigenvalue weighted by Gasteiger charge is -2.33. The van der Waals surface area contributed by atoms with Gasteiger partial charge in [0.25, 0.3) is 0 Å². The van der Waals surface area contributed by atoms with E-state index in [9.17, 15) is 4.79 Å². The van der Waals surface area contributed by atoms with Gasteiger partial charge in [-0.3, -0.25) is 4.79 Å². The summed E-state index contributed by atoms with van der Waals surface area (Å²) in [7, 11) is 0. The molecule has 124 valence electrons. The van der Waals surface area contributed by atoms with Crippen LogP contribution >= 0.6 is 0 Å². The molecule has 1 saturated heterocycles. The third-order valence-electron chi connectivity index (χ3n) is 4.38. The number of nitrogens with zero attached hydrogens (tertiary/aromatic N) is 5. The molecule has 3 rings (SSSR count). The minimum Gasteiger partial charge on any atom is -0.361 e. The summed E-state index contributed by atoms with van der Waals surface area (Å²) in [5.41, 5.74) is 1.66. The Hall–Kier alpha value is -2.88. The molecule has 1 amide bonds. The molecule has 0 aliphatic carbocycles. The van der Waals surface area contributed by atoms with Gasteiger partial charge in [0.1, 0.15) is 11.9 Å². The van der Waals surface area contributed by atoms with Gasteiger partial charge in [0.15, 0.2) is 0 Å². The third kappa shape index (κ3) is 3.54. The summed E-state index contributed by atoms with van der Waals surface area (Å²) in [6, 6.07) is 5.83. The van der Waals surface area contributed by atoms with Crippen molar-refractivity contribution in [2.75, 3.05) is 25.0 Å². The summed E-state index contributed by atoms with van der Waals surface area (Å²) < 4.78 is 2.20. The maximum absolute atomic E-state index is 12.3. The van der Waals surface area contributed by atoms with Crippen LogP contribution < -0.4 is 5.32 Å². The molecular formula is C17H20N6O. The van der Waals surface area contributed by atoms with E-state index in [0.29, 0.717) is 17.4 Å². The van der Waals surface area contributed by atoms with Crippen molar-refractivity contribution in [2.45, 2.75) is 25.8 Å². The summed E-state index contributed by atoms with van der Waals surface area (Å²) in [5.74, 6) is 0.674. The van der Waals surface area contributed by atoms with Gasteiger partial charge in [0.2, 0.25) is 5.91 Å². The first-order valence-corrected chi connectivity index (χ1v) is 8.03. The smallest absolute Gasteiger partial charge is 0.241 e. The fourth-order valence-electron chi connectivity index (χ4n) is 2.99. The number of hydrogen-bond acceptors (Lipinski definition) is 5. The molecule has 7 nitrogen and oxygen atoms in total. The van der Waals surface area contributed by atoms with E-state index in [1.54, 1.807) is 12.1 Å². The molecule has 1 aliphatic heterocycles. The molecule has 3 heterocycles. The molecule has 0 unspecified atom stereocenters. The predicted molar refractivity (Wildman–Crippen MR) is 89.3 cm³/mol. The van der Waals surface area contributed by atoms with Crippen molar-refractivity contribution in [3.8, 4) is 6.07 Å². The Kier molecular flexibility index (Phi) is 4.75. The number of aromatic nitrogens is 3. The number of piperidine rings is 1. The van der Waals surface area contributed by atoms with Gasteiger partial charge in [-0.1, -0.05) is 0 Å². The van der Waals surface area contributed by atoms with Crippen molar-refractivity contribution in [3.05, 3.63) is 42.1 Å².